The van der Waals surface area contributed by atoms with Crippen LogP contribution in [0.1, 0.15) is 36.8 Å². The summed E-state index contributed by atoms with van der Waals surface area (Å²) in [5.74, 6) is -0.608. The summed E-state index contributed by atoms with van der Waals surface area (Å²) in [6, 6.07) is 18.2. The Balaban J connectivity index is 1.29. The molecule has 1 amide bonds. The summed E-state index contributed by atoms with van der Waals surface area (Å²) in [5, 5.41) is 3.90. The molecule has 0 radical (unpaired) electrons. The topological polar surface area (TPSA) is 68.3 Å². The van der Waals surface area contributed by atoms with Gasteiger partial charge in [0.15, 0.2) is 6.61 Å². The third kappa shape index (κ3) is 6.98. The molecule has 0 fully saturated rings. The number of fused-ring (bicyclic) bond motifs is 1. The smallest absolute Gasteiger partial charge is 0.306 e. The number of amides is 1. The highest BCUT2D eigenvalue weighted by Gasteiger charge is 2.11. The van der Waals surface area contributed by atoms with E-state index in [9.17, 15) is 9.59 Å². The van der Waals surface area contributed by atoms with E-state index >= 15 is 0 Å². The number of nitrogens with zero attached hydrogens (tertiary/aromatic N) is 1. The second kappa shape index (κ2) is 10.7. The Morgan fingerprint density at radius 3 is 2.62 bits per heavy atom. The highest BCUT2D eigenvalue weighted by atomic mass is 32.1. The van der Waals surface area contributed by atoms with E-state index in [0.29, 0.717) is 6.42 Å². The van der Waals surface area contributed by atoms with Gasteiger partial charge in [0.2, 0.25) is 0 Å². The van der Waals surface area contributed by atoms with Crippen LogP contribution in [-0.4, -0.2) is 29.5 Å². The molecule has 5 nitrogen and oxygen atoms in total. The monoisotopic (exact) mass is 410 g/mol. The maximum Gasteiger partial charge on any atom is 0.306 e. The van der Waals surface area contributed by atoms with E-state index < -0.39 is 0 Å². The quantitative estimate of drug-likeness (QED) is 0.506. The molecule has 0 saturated carbocycles. The first-order valence-corrected chi connectivity index (χ1v) is 10.7. The molecule has 0 spiro atoms. The van der Waals surface area contributed by atoms with Gasteiger partial charge < -0.3 is 10.1 Å². The van der Waals surface area contributed by atoms with E-state index in [1.807, 2.05) is 49.4 Å². The zero-order valence-corrected chi connectivity index (χ0v) is 17.4. The summed E-state index contributed by atoms with van der Waals surface area (Å²) in [6.45, 7) is 1.73. The number of hydrogen-bond acceptors (Lipinski definition) is 5. The summed E-state index contributed by atoms with van der Waals surface area (Å²) in [5.41, 5.74) is 2.24. The van der Waals surface area contributed by atoms with E-state index in [1.54, 1.807) is 11.3 Å². The molecular weight excluding hydrogens is 384 g/mol. The minimum atomic E-state index is -0.349. The van der Waals surface area contributed by atoms with Crippen LogP contribution in [0, 0.1) is 0 Å². The second-order valence-electron chi connectivity index (χ2n) is 7.08. The van der Waals surface area contributed by atoms with Gasteiger partial charge in [0.1, 0.15) is 0 Å². The van der Waals surface area contributed by atoms with Crippen molar-refractivity contribution >= 4 is 33.4 Å². The summed E-state index contributed by atoms with van der Waals surface area (Å²) in [6.07, 6.45) is 3.41. The van der Waals surface area contributed by atoms with E-state index in [4.69, 9.17) is 4.74 Å². The van der Waals surface area contributed by atoms with Gasteiger partial charge in [-0.3, -0.25) is 9.59 Å². The van der Waals surface area contributed by atoms with E-state index in [0.717, 1.165) is 34.5 Å². The van der Waals surface area contributed by atoms with Gasteiger partial charge in [0.25, 0.3) is 5.91 Å². The fourth-order valence-corrected chi connectivity index (χ4v) is 4.05. The van der Waals surface area contributed by atoms with Crippen molar-refractivity contribution < 1.29 is 14.3 Å². The molecule has 29 heavy (non-hydrogen) atoms. The van der Waals surface area contributed by atoms with Gasteiger partial charge in [-0.1, -0.05) is 42.5 Å². The Hall–Kier alpha value is -2.73. The molecule has 0 aliphatic heterocycles. The van der Waals surface area contributed by atoms with Crippen LogP contribution < -0.4 is 5.32 Å². The highest BCUT2D eigenvalue weighted by molar-refractivity contribution is 7.18. The third-order valence-electron chi connectivity index (χ3n) is 4.59. The molecule has 0 aliphatic rings. The van der Waals surface area contributed by atoms with Crippen molar-refractivity contribution in [1.82, 2.24) is 10.3 Å². The van der Waals surface area contributed by atoms with Gasteiger partial charge in [-0.15, -0.1) is 11.3 Å². The van der Waals surface area contributed by atoms with Crippen molar-refractivity contribution in [3.8, 4) is 0 Å². The highest BCUT2D eigenvalue weighted by Crippen LogP contribution is 2.22. The molecule has 2 aromatic carbocycles. The largest absolute Gasteiger partial charge is 0.456 e. The lowest BCUT2D eigenvalue weighted by atomic mass is 10.1. The maximum absolute atomic E-state index is 12.0. The van der Waals surface area contributed by atoms with E-state index in [-0.39, 0.29) is 30.9 Å². The summed E-state index contributed by atoms with van der Waals surface area (Å²) < 4.78 is 6.25. The lowest BCUT2D eigenvalue weighted by Gasteiger charge is -2.14. The van der Waals surface area contributed by atoms with Crippen LogP contribution in [0.4, 0.5) is 0 Å². The number of rotatable bonds is 10. The Bertz CT molecular complexity index is 906. The zero-order chi connectivity index (χ0) is 20.5. The molecule has 3 rings (SSSR count). The molecule has 1 aromatic heterocycles. The minimum Gasteiger partial charge on any atom is -0.456 e. The van der Waals surface area contributed by atoms with Crippen molar-refractivity contribution in [1.29, 1.82) is 0 Å². The number of ether oxygens (including phenoxy) is 1. The minimum absolute atomic E-state index is 0.0282. The van der Waals surface area contributed by atoms with Crippen LogP contribution in [0.3, 0.4) is 0 Å². The van der Waals surface area contributed by atoms with Crippen LogP contribution in [0.2, 0.25) is 0 Å². The maximum atomic E-state index is 12.0. The standard InChI is InChI=1S/C23H26N2O3S/c1-17(14-15-18-8-3-2-4-9-18)24-21(26)16-28-23(27)13-7-12-22-25-19-10-5-6-11-20(19)29-22/h2-6,8-11,17H,7,12-16H2,1H3,(H,24,26)/t17-/m1/s1. The number of hydrogen-bond donors (Lipinski definition) is 1. The molecule has 0 saturated heterocycles. The van der Waals surface area contributed by atoms with Crippen molar-refractivity contribution in [2.24, 2.45) is 0 Å². The lowest BCUT2D eigenvalue weighted by molar-refractivity contribution is -0.148. The molecule has 0 aliphatic carbocycles. The number of nitrogens with one attached hydrogen (secondary N) is 1. The van der Waals surface area contributed by atoms with Gasteiger partial charge in [-0.05, 0) is 50.3 Å². The predicted molar refractivity (Wildman–Crippen MR) is 116 cm³/mol. The Kier molecular flexibility index (Phi) is 7.76. The van der Waals surface area contributed by atoms with E-state index in [2.05, 4.69) is 22.4 Å². The first kappa shape index (κ1) is 21.0. The van der Waals surface area contributed by atoms with Crippen molar-refractivity contribution in [3.05, 3.63) is 65.2 Å². The van der Waals surface area contributed by atoms with Crippen molar-refractivity contribution in [2.45, 2.75) is 45.1 Å². The Morgan fingerprint density at radius 1 is 1.07 bits per heavy atom. The van der Waals surface area contributed by atoms with Gasteiger partial charge in [-0.2, -0.15) is 0 Å². The fourth-order valence-electron chi connectivity index (χ4n) is 3.05. The molecule has 1 atom stereocenters. The number of carbonyl (C=O) groups is 2. The third-order valence-corrected chi connectivity index (χ3v) is 5.69. The van der Waals surface area contributed by atoms with Crippen LogP contribution in [0.15, 0.2) is 54.6 Å². The van der Waals surface area contributed by atoms with Crippen LogP contribution >= 0.6 is 11.3 Å². The molecule has 3 aromatic rings. The number of thiazole rings is 1. The van der Waals surface area contributed by atoms with Gasteiger partial charge in [0.05, 0.1) is 15.2 Å². The average Bonchev–Trinajstić information content (AvgIpc) is 3.14. The Labute approximate surface area is 175 Å². The number of carbonyl (C=O) groups excluding carboxylic acids is 2. The van der Waals surface area contributed by atoms with Crippen LogP contribution in [0.5, 0.6) is 0 Å². The number of para-hydroxylation sites is 1. The first-order chi connectivity index (χ1) is 14.1. The Morgan fingerprint density at radius 2 is 1.83 bits per heavy atom. The van der Waals surface area contributed by atoms with Gasteiger partial charge in [-0.25, -0.2) is 4.98 Å². The molecule has 0 unspecified atom stereocenters. The van der Waals surface area contributed by atoms with Crippen LogP contribution in [0.25, 0.3) is 10.2 Å². The number of aryl methyl sites for hydroxylation is 2. The van der Waals surface area contributed by atoms with Crippen molar-refractivity contribution in [3.63, 3.8) is 0 Å². The van der Waals surface area contributed by atoms with Crippen molar-refractivity contribution in [2.75, 3.05) is 6.61 Å². The number of benzene rings is 2. The molecular formula is C23H26N2O3S. The molecule has 0 bridgehead atoms. The molecule has 1 heterocycles. The normalized spacial score (nSPS) is 11.9. The predicted octanol–water partition coefficient (Wildman–Crippen LogP) is 4.30. The summed E-state index contributed by atoms with van der Waals surface area (Å²) >= 11 is 1.65. The first-order valence-electron chi connectivity index (χ1n) is 9.93. The number of esters is 1. The van der Waals surface area contributed by atoms with Gasteiger partial charge >= 0.3 is 5.97 Å². The SMILES string of the molecule is C[C@H](CCc1ccccc1)NC(=O)COC(=O)CCCc1nc2ccccc2s1. The molecule has 6 heteroatoms. The van der Waals surface area contributed by atoms with Gasteiger partial charge in [0, 0.05) is 12.5 Å². The average molecular weight is 411 g/mol. The lowest BCUT2D eigenvalue weighted by Crippen LogP contribution is -2.36. The van der Waals surface area contributed by atoms with E-state index in [1.165, 1.54) is 5.56 Å². The second-order valence-corrected chi connectivity index (χ2v) is 8.20. The molecule has 1 N–H and O–H groups in total. The summed E-state index contributed by atoms with van der Waals surface area (Å²) in [7, 11) is 0. The number of aromatic nitrogens is 1. The molecule has 152 valence electrons. The fraction of sp³-hybridized carbons (Fsp3) is 0.348. The zero-order valence-electron chi connectivity index (χ0n) is 16.6. The summed E-state index contributed by atoms with van der Waals surface area (Å²) in [4.78, 5) is 28.4. The van der Waals surface area contributed by atoms with Crippen LogP contribution in [-0.2, 0) is 27.2 Å².